The molecular formula is C17H21N3O. The highest BCUT2D eigenvalue weighted by molar-refractivity contribution is 5.98. The summed E-state index contributed by atoms with van der Waals surface area (Å²) in [4.78, 5) is 16.4. The van der Waals surface area contributed by atoms with Gasteiger partial charge in [-0.1, -0.05) is 29.8 Å². The minimum Gasteiger partial charge on any atom is -0.370 e. The Hall–Kier alpha value is -2.36. The normalized spacial score (nSPS) is 10.2. The summed E-state index contributed by atoms with van der Waals surface area (Å²) >= 11 is 0. The van der Waals surface area contributed by atoms with Gasteiger partial charge in [-0.05, 0) is 38.0 Å². The first-order valence-corrected chi connectivity index (χ1v) is 7.23. The van der Waals surface area contributed by atoms with E-state index in [4.69, 9.17) is 0 Å². The van der Waals surface area contributed by atoms with E-state index in [2.05, 4.69) is 40.7 Å². The molecule has 0 atom stereocenters. The van der Waals surface area contributed by atoms with Crippen LogP contribution in [0, 0.1) is 6.92 Å². The first-order chi connectivity index (χ1) is 10.2. The van der Waals surface area contributed by atoms with Crippen LogP contribution in [0.4, 0.5) is 5.82 Å². The number of amides is 1. The van der Waals surface area contributed by atoms with E-state index in [0.717, 1.165) is 13.0 Å². The molecule has 2 rings (SSSR count). The van der Waals surface area contributed by atoms with Crippen LogP contribution in [0.5, 0.6) is 0 Å². The number of anilines is 1. The largest absolute Gasteiger partial charge is 0.370 e. The van der Waals surface area contributed by atoms with Gasteiger partial charge in [-0.25, -0.2) is 4.98 Å². The fourth-order valence-corrected chi connectivity index (χ4v) is 2.18. The van der Waals surface area contributed by atoms with Crippen molar-refractivity contribution < 1.29 is 4.79 Å². The number of aryl methyl sites for hydroxylation is 1. The van der Waals surface area contributed by atoms with Crippen LogP contribution in [0.1, 0.15) is 28.4 Å². The molecule has 110 valence electrons. The lowest BCUT2D eigenvalue weighted by Crippen LogP contribution is -2.26. The minimum absolute atomic E-state index is 0.0910. The van der Waals surface area contributed by atoms with Crippen molar-refractivity contribution in [3.05, 3.63) is 59.3 Å². The summed E-state index contributed by atoms with van der Waals surface area (Å²) in [5, 5.41) is 6.05. The molecule has 0 bridgehead atoms. The van der Waals surface area contributed by atoms with E-state index in [1.165, 1.54) is 11.1 Å². The number of carbonyl (C=O) groups is 1. The van der Waals surface area contributed by atoms with Crippen LogP contribution in [0.25, 0.3) is 0 Å². The molecule has 1 aromatic heterocycles. The van der Waals surface area contributed by atoms with E-state index < -0.39 is 0 Å². The summed E-state index contributed by atoms with van der Waals surface area (Å²) in [6.07, 6.45) is 2.51. The van der Waals surface area contributed by atoms with Crippen molar-refractivity contribution in [2.75, 3.05) is 18.4 Å². The number of nitrogens with zero attached hydrogens (tertiary/aromatic N) is 1. The van der Waals surface area contributed by atoms with E-state index >= 15 is 0 Å². The van der Waals surface area contributed by atoms with Crippen molar-refractivity contribution in [3.63, 3.8) is 0 Å². The summed E-state index contributed by atoms with van der Waals surface area (Å²) in [7, 11) is 0. The third-order valence-electron chi connectivity index (χ3n) is 3.18. The summed E-state index contributed by atoms with van der Waals surface area (Å²) < 4.78 is 0. The number of benzene rings is 1. The van der Waals surface area contributed by atoms with Crippen LogP contribution < -0.4 is 10.6 Å². The Morgan fingerprint density at radius 2 is 2.10 bits per heavy atom. The molecule has 0 fully saturated rings. The molecule has 0 aliphatic carbocycles. The van der Waals surface area contributed by atoms with Gasteiger partial charge < -0.3 is 10.6 Å². The summed E-state index contributed by atoms with van der Waals surface area (Å²) in [5.74, 6) is 0.541. The topological polar surface area (TPSA) is 54.0 Å². The lowest BCUT2D eigenvalue weighted by molar-refractivity contribution is 0.0954. The van der Waals surface area contributed by atoms with Gasteiger partial charge in [-0.15, -0.1) is 0 Å². The van der Waals surface area contributed by atoms with Gasteiger partial charge in [-0.2, -0.15) is 0 Å². The average molecular weight is 283 g/mol. The molecule has 21 heavy (non-hydrogen) atoms. The van der Waals surface area contributed by atoms with Crippen molar-refractivity contribution in [3.8, 4) is 0 Å². The molecule has 4 nitrogen and oxygen atoms in total. The van der Waals surface area contributed by atoms with E-state index in [1.54, 1.807) is 18.3 Å². The van der Waals surface area contributed by atoms with Crippen LogP contribution in [0.3, 0.4) is 0 Å². The number of carbonyl (C=O) groups excluding carboxylic acids is 1. The molecule has 1 amide bonds. The van der Waals surface area contributed by atoms with Gasteiger partial charge in [0.25, 0.3) is 5.91 Å². The second-order valence-corrected chi connectivity index (χ2v) is 4.92. The molecular weight excluding hydrogens is 262 g/mol. The Balaban J connectivity index is 1.93. The maximum Gasteiger partial charge on any atom is 0.255 e. The van der Waals surface area contributed by atoms with Gasteiger partial charge in [0.15, 0.2) is 0 Å². The molecule has 0 radical (unpaired) electrons. The van der Waals surface area contributed by atoms with Gasteiger partial charge in [0.05, 0.1) is 5.56 Å². The van der Waals surface area contributed by atoms with Gasteiger partial charge in [-0.3, -0.25) is 4.79 Å². The summed E-state index contributed by atoms with van der Waals surface area (Å²) in [6, 6.07) is 11.9. The fourth-order valence-electron chi connectivity index (χ4n) is 2.18. The molecule has 2 N–H and O–H groups in total. The Morgan fingerprint density at radius 1 is 1.24 bits per heavy atom. The minimum atomic E-state index is -0.0910. The SMILES string of the molecule is CCNc1ncccc1C(=O)NCCc1cccc(C)c1. The predicted octanol–water partition coefficient (Wildman–Crippen LogP) is 2.79. The van der Waals surface area contributed by atoms with Crippen molar-refractivity contribution in [1.29, 1.82) is 0 Å². The second-order valence-electron chi connectivity index (χ2n) is 4.92. The van der Waals surface area contributed by atoms with Gasteiger partial charge in [0.2, 0.25) is 0 Å². The first kappa shape index (κ1) is 15.0. The Morgan fingerprint density at radius 3 is 2.86 bits per heavy atom. The van der Waals surface area contributed by atoms with Gasteiger partial charge in [0.1, 0.15) is 5.82 Å². The Bertz CT molecular complexity index is 610. The number of rotatable bonds is 6. The van der Waals surface area contributed by atoms with Crippen molar-refractivity contribution in [2.45, 2.75) is 20.3 Å². The standard InChI is InChI=1S/C17H21N3O/c1-3-18-16-15(8-5-10-19-16)17(21)20-11-9-14-7-4-6-13(2)12-14/h4-8,10,12H,3,9,11H2,1-2H3,(H,18,19)(H,20,21). The predicted molar refractivity (Wildman–Crippen MR) is 85.6 cm³/mol. The van der Waals surface area contributed by atoms with Crippen LogP contribution in [0.15, 0.2) is 42.6 Å². The monoisotopic (exact) mass is 283 g/mol. The van der Waals surface area contributed by atoms with Crippen molar-refractivity contribution in [1.82, 2.24) is 10.3 Å². The molecule has 0 saturated heterocycles. The molecule has 0 saturated carbocycles. The van der Waals surface area contributed by atoms with Crippen LogP contribution in [-0.2, 0) is 6.42 Å². The third kappa shape index (κ3) is 4.31. The maximum absolute atomic E-state index is 12.2. The van der Waals surface area contributed by atoms with Crippen LogP contribution in [-0.4, -0.2) is 24.0 Å². The molecule has 4 heteroatoms. The highest BCUT2D eigenvalue weighted by atomic mass is 16.1. The molecule has 0 aliphatic rings. The van der Waals surface area contributed by atoms with Gasteiger partial charge >= 0.3 is 0 Å². The Labute approximate surface area is 125 Å². The lowest BCUT2D eigenvalue weighted by Gasteiger charge is -2.10. The average Bonchev–Trinajstić information content (AvgIpc) is 2.48. The zero-order chi connectivity index (χ0) is 15.1. The van der Waals surface area contributed by atoms with E-state index in [-0.39, 0.29) is 5.91 Å². The zero-order valence-electron chi connectivity index (χ0n) is 12.5. The highest BCUT2D eigenvalue weighted by Crippen LogP contribution is 2.11. The number of hydrogen-bond donors (Lipinski definition) is 2. The quantitative estimate of drug-likeness (QED) is 0.857. The lowest BCUT2D eigenvalue weighted by atomic mass is 10.1. The number of nitrogens with one attached hydrogen (secondary N) is 2. The van der Waals surface area contributed by atoms with Crippen molar-refractivity contribution >= 4 is 11.7 Å². The fraction of sp³-hybridized carbons (Fsp3) is 0.294. The van der Waals surface area contributed by atoms with Crippen LogP contribution in [0.2, 0.25) is 0 Å². The summed E-state index contributed by atoms with van der Waals surface area (Å²) in [6.45, 7) is 5.40. The molecule has 1 heterocycles. The van der Waals surface area contributed by atoms with E-state index in [9.17, 15) is 4.79 Å². The third-order valence-corrected chi connectivity index (χ3v) is 3.18. The number of hydrogen-bond acceptors (Lipinski definition) is 3. The van der Waals surface area contributed by atoms with Crippen molar-refractivity contribution in [2.24, 2.45) is 0 Å². The molecule has 0 unspecified atom stereocenters. The molecule has 1 aromatic carbocycles. The van der Waals surface area contributed by atoms with E-state index in [0.29, 0.717) is 17.9 Å². The molecule has 2 aromatic rings. The second kappa shape index (κ2) is 7.43. The maximum atomic E-state index is 12.2. The first-order valence-electron chi connectivity index (χ1n) is 7.23. The van der Waals surface area contributed by atoms with Gasteiger partial charge in [0, 0.05) is 19.3 Å². The number of pyridine rings is 1. The highest BCUT2D eigenvalue weighted by Gasteiger charge is 2.10. The smallest absolute Gasteiger partial charge is 0.255 e. The zero-order valence-corrected chi connectivity index (χ0v) is 12.5. The number of aromatic nitrogens is 1. The van der Waals surface area contributed by atoms with Crippen LogP contribution >= 0.6 is 0 Å². The molecule has 0 aliphatic heterocycles. The molecule has 0 spiro atoms. The Kier molecular flexibility index (Phi) is 5.32. The summed E-state index contributed by atoms with van der Waals surface area (Å²) in [5.41, 5.74) is 3.05. The van der Waals surface area contributed by atoms with E-state index in [1.807, 2.05) is 13.0 Å².